The molecular weight excluding hydrogens is 636 g/mol. The van der Waals surface area contributed by atoms with Gasteiger partial charge in [0.25, 0.3) is 10.0 Å². The van der Waals surface area contributed by atoms with Crippen LogP contribution in [0.4, 0.5) is 10.1 Å². The van der Waals surface area contributed by atoms with Gasteiger partial charge in [0.15, 0.2) is 0 Å². The fourth-order valence-electron chi connectivity index (χ4n) is 4.71. The molecule has 0 aliphatic heterocycles. The van der Waals surface area contributed by atoms with E-state index in [9.17, 15) is 22.4 Å². The summed E-state index contributed by atoms with van der Waals surface area (Å²) in [4.78, 5) is 29.6. The normalized spacial score (nSPS) is 12.6. The zero-order valence-electron chi connectivity index (χ0n) is 24.9. The molecule has 45 heavy (non-hydrogen) atoms. The first-order valence-corrected chi connectivity index (χ1v) is 16.6. The summed E-state index contributed by atoms with van der Waals surface area (Å²) in [6, 6.07) is 25.6. The monoisotopic (exact) mass is 669 g/mol. The van der Waals surface area contributed by atoms with Crippen molar-refractivity contribution in [1.29, 1.82) is 0 Å². The Kier molecular flexibility index (Phi) is 11.6. The summed E-state index contributed by atoms with van der Waals surface area (Å²) < 4.78 is 42.8. The topological polar surface area (TPSA) is 86.8 Å². The maximum absolute atomic E-state index is 14.4. The lowest BCUT2D eigenvalue weighted by molar-refractivity contribution is -0.140. The van der Waals surface area contributed by atoms with E-state index in [2.05, 4.69) is 5.32 Å². The van der Waals surface area contributed by atoms with Crippen molar-refractivity contribution >= 4 is 50.7 Å². The summed E-state index contributed by atoms with van der Waals surface area (Å²) in [6.07, 6.45) is 0.818. The Labute approximate surface area is 273 Å². The van der Waals surface area contributed by atoms with Gasteiger partial charge in [0.1, 0.15) is 18.4 Å². The van der Waals surface area contributed by atoms with Crippen LogP contribution in [0.25, 0.3) is 0 Å². The van der Waals surface area contributed by atoms with Gasteiger partial charge in [-0.3, -0.25) is 13.9 Å². The number of carbonyl (C=O) groups is 2. The second-order valence-electron chi connectivity index (χ2n) is 10.6. The van der Waals surface area contributed by atoms with Crippen molar-refractivity contribution in [2.24, 2.45) is 0 Å². The van der Waals surface area contributed by atoms with E-state index in [0.29, 0.717) is 12.0 Å². The van der Waals surface area contributed by atoms with Crippen molar-refractivity contribution in [1.82, 2.24) is 10.2 Å². The van der Waals surface area contributed by atoms with Gasteiger partial charge in [-0.15, -0.1) is 0 Å². The largest absolute Gasteiger partial charge is 0.352 e. The maximum Gasteiger partial charge on any atom is 0.264 e. The van der Waals surface area contributed by atoms with Gasteiger partial charge in [-0.2, -0.15) is 0 Å². The van der Waals surface area contributed by atoms with Gasteiger partial charge in [0, 0.05) is 29.1 Å². The van der Waals surface area contributed by atoms with Crippen molar-refractivity contribution in [3.63, 3.8) is 0 Å². The van der Waals surface area contributed by atoms with Gasteiger partial charge >= 0.3 is 0 Å². The van der Waals surface area contributed by atoms with Crippen LogP contribution in [0.1, 0.15) is 31.4 Å². The van der Waals surface area contributed by atoms with Gasteiger partial charge in [0.2, 0.25) is 11.8 Å². The average molecular weight is 671 g/mol. The van der Waals surface area contributed by atoms with Crippen LogP contribution in [0, 0.1) is 5.82 Å². The third-order valence-electron chi connectivity index (χ3n) is 7.28. The Bertz CT molecular complexity index is 1690. The minimum absolute atomic E-state index is 0.0469. The first-order chi connectivity index (χ1) is 21.5. The maximum atomic E-state index is 14.4. The molecule has 0 aliphatic rings. The average Bonchev–Trinajstić information content (AvgIpc) is 3.02. The van der Waals surface area contributed by atoms with Gasteiger partial charge in [-0.25, -0.2) is 12.8 Å². The lowest BCUT2D eigenvalue weighted by atomic mass is 10.0. The van der Waals surface area contributed by atoms with E-state index in [1.54, 1.807) is 18.2 Å². The van der Waals surface area contributed by atoms with E-state index in [4.69, 9.17) is 23.2 Å². The van der Waals surface area contributed by atoms with Crippen LogP contribution in [0.3, 0.4) is 0 Å². The van der Waals surface area contributed by atoms with Crippen molar-refractivity contribution in [2.45, 2.75) is 50.2 Å². The lowest BCUT2D eigenvalue weighted by Crippen LogP contribution is -2.54. The highest BCUT2D eigenvalue weighted by molar-refractivity contribution is 7.92. The molecule has 2 atom stereocenters. The summed E-state index contributed by atoms with van der Waals surface area (Å²) >= 11 is 12.5. The molecule has 7 nitrogen and oxygen atoms in total. The van der Waals surface area contributed by atoms with Crippen LogP contribution in [0.2, 0.25) is 10.0 Å². The van der Waals surface area contributed by atoms with Crippen LogP contribution in [-0.2, 0) is 32.6 Å². The van der Waals surface area contributed by atoms with E-state index in [1.807, 2.05) is 44.2 Å². The van der Waals surface area contributed by atoms with Crippen molar-refractivity contribution in [3.05, 3.63) is 130 Å². The number of anilines is 1. The summed E-state index contributed by atoms with van der Waals surface area (Å²) in [5, 5.41) is 3.33. The third-order valence-corrected chi connectivity index (χ3v) is 9.51. The summed E-state index contributed by atoms with van der Waals surface area (Å²) in [5.41, 5.74) is 1.44. The molecule has 0 heterocycles. The molecule has 0 aliphatic carbocycles. The molecule has 0 bridgehead atoms. The molecule has 0 aromatic heterocycles. The molecule has 0 saturated heterocycles. The Morgan fingerprint density at radius 2 is 1.42 bits per heavy atom. The van der Waals surface area contributed by atoms with Crippen LogP contribution < -0.4 is 9.62 Å². The number of hydrogen-bond acceptors (Lipinski definition) is 4. The van der Waals surface area contributed by atoms with Crippen molar-refractivity contribution < 1.29 is 22.4 Å². The zero-order chi connectivity index (χ0) is 32.6. The summed E-state index contributed by atoms with van der Waals surface area (Å²) in [5.74, 6) is -1.51. The molecule has 11 heteroatoms. The summed E-state index contributed by atoms with van der Waals surface area (Å²) in [6.45, 7) is 3.04. The third kappa shape index (κ3) is 9.06. The predicted molar refractivity (Wildman–Crippen MR) is 176 cm³/mol. The molecule has 0 spiro atoms. The molecule has 2 unspecified atom stereocenters. The highest BCUT2D eigenvalue weighted by Gasteiger charge is 2.35. The molecule has 0 fully saturated rings. The van der Waals surface area contributed by atoms with Crippen LogP contribution in [-0.4, -0.2) is 43.8 Å². The Morgan fingerprint density at radius 3 is 2.00 bits per heavy atom. The summed E-state index contributed by atoms with van der Waals surface area (Å²) in [7, 11) is -4.30. The van der Waals surface area contributed by atoms with Gasteiger partial charge in [-0.1, -0.05) is 90.8 Å². The van der Waals surface area contributed by atoms with Crippen molar-refractivity contribution in [2.75, 3.05) is 10.8 Å². The number of benzene rings is 4. The first kappa shape index (κ1) is 34.0. The predicted octanol–water partition coefficient (Wildman–Crippen LogP) is 6.88. The van der Waals surface area contributed by atoms with Crippen molar-refractivity contribution in [3.8, 4) is 0 Å². The fraction of sp³-hybridized carbons (Fsp3) is 0.235. The highest BCUT2D eigenvalue weighted by atomic mass is 35.5. The van der Waals surface area contributed by atoms with Crippen LogP contribution in [0.5, 0.6) is 0 Å². The van der Waals surface area contributed by atoms with Gasteiger partial charge in [-0.05, 0) is 66.9 Å². The smallest absolute Gasteiger partial charge is 0.264 e. The fourth-order valence-corrected chi connectivity index (χ4v) is 6.65. The number of halogens is 3. The number of carbonyl (C=O) groups excluding carboxylic acids is 2. The van der Waals surface area contributed by atoms with Gasteiger partial charge in [0.05, 0.1) is 10.6 Å². The minimum Gasteiger partial charge on any atom is -0.352 e. The molecular formula is C34H34Cl2FN3O4S. The Hall–Kier alpha value is -3.92. The second-order valence-corrected chi connectivity index (χ2v) is 13.4. The standard InChI is InChI=1S/C34H34Cl2FN3O4S/c1-3-24(2)38-34(42)32(18-25-10-6-4-7-11-25)39(22-26-14-16-29(37)17-15-26)33(41)23-40(30-20-27(35)19-28(36)21-30)45(43,44)31-12-8-5-9-13-31/h4-17,19-21,24,32H,3,18,22-23H2,1-2H3,(H,38,42). The first-order valence-electron chi connectivity index (χ1n) is 14.4. The Balaban J connectivity index is 1.82. The minimum atomic E-state index is -4.30. The quantitative estimate of drug-likeness (QED) is 0.168. The van der Waals surface area contributed by atoms with E-state index in [1.165, 1.54) is 59.5 Å². The van der Waals surface area contributed by atoms with E-state index in [0.717, 1.165) is 9.87 Å². The molecule has 4 aromatic rings. The molecule has 236 valence electrons. The number of nitrogens with zero attached hydrogens (tertiary/aromatic N) is 2. The van der Waals surface area contributed by atoms with E-state index in [-0.39, 0.29) is 39.6 Å². The molecule has 4 rings (SSSR count). The lowest BCUT2D eigenvalue weighted by Gasteiger charge is -2.34. The van der Waals surface area contributed by atoms with E-state index >= 15 is 0 Å². The molecule has 4 aromatic carbocycles. The SMILES string of the molecule is CCC(C)NC(=O)C(Cc1ccccc1)N(Cc1ccc(F)cc1)C(=O)CN(c1cc(Cl)cc(Cl)c1)S(=O)(=O)c1ccccc1. The van der Waals surface area contributed by atoms with Gasteiger partial charge < -0.3 is 10.2 Å². The molecule has 0 saturated carbocycles. The molecule has 2 amide bonds. The van der Waals surface area contributed by atoms with E-state index < -0.39 is 40.2 Å². The molecule has 0 radical (unpaired) electrons. The van der Waals surface area contributed by atoms with Crippen LogP contribution in [0.15, 0.2) is 108 Å². The van der Waals surface area contributed by atoms with Crippen LogP contribution >= 0.6 is 23.2 Å². The second kappa shape index (κ2) is 15.4. The number of sulfonamides is 1. The molecule has 1 N–H and O–H groups in total. The number of amides is 2. The zero-order valence-corrected chi connectivity index (χ0v) is 27.2. The highest BCUT2D eigenvalue weighted by Crippen LogP contribution is 2.30. The number of rotatable bonds is 13. The number of hydrogen-bond donors (Lipinski definition) is 1. The number of nitrogens with one attached hydrogen (secondary N) is 1. The Morgan fingerprint density at radius 1 is 0.844 bits per heavy atom.